The van der Waals surface area contributed by atoms with Gasteiger partial charge in [0.25, 0.3) is 0 Å². The lowest BCUT2D eigenvalue weighted by Crippen LogP contribution is -2.63. The highest BCUT2D eigenvalue weighted by molar-refractivity contribution is 5.99. The van der Waals surface area contributed by atoms with Crippen LogP contribution < -0.4 is 11.1 Å². The summed E-state index contributed by atoms with van der Waals surface area (Å²) >= 11 is 0. The molecule has 0 aromatic heterocycles. The lowest BCUT2D eigenvalue weighted by molar-refractivity contribution is -0.180. The van der Waals surface area contributed by atoms with E-state index in [2.05, 4.69) is 12.2 Å². The average Bonchev–Trinajstić information content (AvgIpc) is 2.35. The summed E-state index contributed by atoms with van der Waals surface area (Å²) in [6.07, 6.45) is 3.62. The molecule has 2 amide bonds. The molecule has 0 aromatic carbocycles. The largest absolute Gasteiger partial charge is 0.481 e. The van der Waals surface area contributed by atoms with E-state index >= 15 is 0 Å². The van der Waals surface area contributed by atoms with Gasteiger partial charge in [-0.1, -0.05) is 19.8 Å². The minimum atomic E-state index is -1.38. The van der Waals surface area contributed by atoms with E-state index in [1.54, 1.807) is 0 Å². The second kappa shape index (κ2) is 6.55. The van der Waals surface area contributed by atoms with E-state index in [-0.39, 0.29) is 6.04 Å². The first-order valence-electron chi connectivity index (χ1n) is 7.79. The molecule has 8 nitrogen and oxygen atoms in total. The summed E-state index contributed by atoms with van der Waals surface area (Å²) in [5, 5.41) is 21.2. The van der Waals surface area contributed by atoms with Gasteiger partial charge in [0.2, 0.25) is 11.8 Å². The zero-order chi connectivity index (χ0) is 17.3. The summed E-state index contributed by atoms with van der Waals surface area (Å²) in [4.78, 5) is 46.5. The van der Waals surface area contributed by atoms with Crippen molar-refractivity contribution in [2.24, 2.45) is 35.3 Å². The highest BCUT2D eigenvalue weighted by atomic mass is 16.4. The topological polar surface area (TPSA) is 147 Å². The molecule has 2 aliphatic carbocycles. The van der Waals surface area contributed by atoms with Gasteiger partial charge >= 0.3 is 11.9 Å². The molecule has 23 heavy (non-hydrogen) atoms. The molecule has 4 atom stereocenters. The van der Waals surface area contributed by atoms with E-state index in [1.807, 2.05) is 0 Å². The van der Waals surface area contributed by atoms with Crippen molar-refractivity contribution in [2.75, 3.05) is 0 Å². The molecule has 8 heteroatoms. The maximum atomic E-state index is 12.4. The van der Waals surface area contributed by atoms with E-state index in [0.29, 0.717) is 5.92 Å². The van der Waals surface area contributed by atoms with Gasteiger partial charge in [-0.25, -0.2) is 0 Å². The van der Waals surface area contributed by atoms with Crippen LogP contribution in [0.25, 0.3) is 0 Å². The number of aliphatic carboxylic acids is 2. The van der Waals surface area contributed by atoms with Gasteiger partial charge < -0.3 is 21.3 Å². The van der Waals surface area contributed by atoms with Crippen LogP contribution in [0.5, 0.6) is 0 Å². The summed E-state index contributed by atoms with van der Waals surface area (Å²) in [5.41, 5.74) is 5.12. The first-order chi connectivity index (χ1) is 10.7. The van der Waals surface area contributed by atoms with Crippen LogP contribution >= 0.6 is 0 Å². The summed E-state index contributed by atoms with van der Waals surface area (Å²) in [6.45, 7) is 2.07. The van der Waals surface area contributed by atoms with Crippen LogP contribution in [0, 0.1) is 29.6 Å². The van der Waals surface area contributed by atoms with Gasteiger partial charge in [-0.05, 0) is 18.8 Å². The Balaban J connectivity index is 2.13. The Labute approximate surface area is 133 Å². The fourth-order valence-corrected chi connectivity index (χ4v) is 3.91. The number of carboxylic acid groups (broad SMARTS) is 2. The summed E-state index contributed by atoms with van der Waals surface area (Å²) in [5.74, 6) is -9.28. The van der Waals surface area contributed by atoms with Crippen molar-refractivity contribution in [3.05, 3.63) is 0 Å². The third-order valence-electron chi connectivity index (χ3n) is 5.03. The molecule has 2 saturated carbocycles. The fraction of sp³-hybridized carbons (Fsp3) is 0.733. The number of hydrogen-bond donors (Lipinski definition) is 4. The molecule has 2 aliphatic rings. The molecule has 5 N–H and O–H groups in total. The molecule has 4 unspecified atom stereocenters. The molecule has 2 rings (SSSR count). The minimum Gasteiger partial charge on any atom is -0.481 e. The fourth-order valence-electron chi connectivity index (χ4n) is 3.91. The smallest absolute Gasteiger partial charge is 0.308 e. The maximum absolute atomic E-state index is 12.4. The molecule has 0 radical (unpaired) electrons. The first kappa shape index (κ1) is 17.2. The number of carbonyl (C=O) groups excluding carboxylic acids is 2. The zero-order valence-corrected chi connectivity index (χ0v) is 12.9. The molecule has 128 valence electrons. The Morgan fingerprint density at radius 1 is 0.957 bits per heavy atom. The predicted octanol–water partition coefficient (Wildman–Crippen LogP) is -0.186. The van der Waals surface area contributed by atoms with E-state index in [4.69, 9.17) is 5.73 Å². The third-order valence-corrected chi connectivity index (χ3v) is 5.03. The van der Waals surface area contributed by atoms with E-state index in [1.165, 1.54) is 0 Å². The molecular formula is C15H22N2O6. The lowest BCUT2D eigenvalue weighted by Gasteiger charge is -2.45. The van der Waals surface area contributed by atoms with Gasteiger partial charge in [0.15, 0.2) is 0 Å². The van der Waals surface area contributed by atoms with Crippen molar-refractivity contribution in [1.29, 1.82) is 0 Å². The summed E-state index contributed by atoms with van der Waals surface area (Å²) in [7, 11) is 0. The van der Waals surface area contributed by atoms with Crippen LogP contribution in [0.1, 0.15) is 32.6 Å². The number of hydrogen-bond acceptors (Lipinski definition) is 4. The predicted molar refractivity (Wildman–Crippen MR) is 78.0 cm³/mol. The third kappa shape index (κ3) is 3.30. The van der Waals surface area contributed by atoms with Crippen LogP contribution in [0.2, 0.25) is 0 Å². The van der Waals surface area contributed by atoms with Gasteiger partial charge in [-0.2, -0.15) is 0 Å². The van der Waals surface area contributed by atoms with Crippen LogP contribution in [0.15, 0.2) is 0 Å². The minimum absolute atomic E-state index is 0.0808. The van der Waals surface area contributed by atoms with Gasteiger partial charge in [-0.3, -0.25) is 19.2 Å². The number of nitrogens with two attached hydrogens (primary N) is 1. The van der Waals surface area contributed by atoms with Crippen LogP contribution in [-0.4, -0.2) is 40.0 Å². The van der Waals surface area contributed by atoms with Crippen LogP contribution in [-0.2, 0) is 19.2 Å². The summed E-state index contributed by atoms with van der Waals surface area (Å²) < 4.78 is 0. The van der Waals surface area contributed by atoms with Crippen molar-refractivity contribution >= 4 is 23.8 Å². The maximum Gasteiger partial charge on any atom is 0.308 e. The highest BCUT2D eigenvalue weighted by Crippen LogP contribution is 2.47. The van der Waals surface area contributed by atoms with Crippen molar-refractivity contribution in [2.45, 2.75) is 38.6 Å². The monoisotopic (exact) mass is 326 g/mol. The Morgan fingerprint density at radius 2 is 1.52 bits per heavy atom. The molecule has 2 fully saturated rings. The van der Waals surface area contributed by atoms with E-state index in [0.717, 1.165) is 25.7 Å². The summed E-state index contributed by atoms with van der Waals surface area (Å²) in [6, 6.07) is -0.0808. The van der Waals surface area contributed by atoms with E-state index in [9.17, 15) is 29.4 Å². The second-order valence-electron chi connectivity index (χ2n) is 6.66. The number of amides is 2. The van der Waals surface area contributed by atoms with Crippen LogP contribution in [0.4, 0.5) is 0 Å². The standard InChI is InChI=1S/C15H22N2O6/c1-6-3-2-4-7(5-6)17-13(19)9-10(14(20)21)8(12(16)18)11(9)15(22)23/h6-11H,2-5H2,1H3,(H2,16,18)(H,17,19)(H,20,21)(H,22,23). The number of primary amides is 1. The van der Waals surface area contributed by atoms with Gasteiger partial charge in [0.05, 0.1) is 23.7 Å². The molecule has 0 heterocycles. The highest BCUT2D eigenvalue weighted by Gasteiger charge is 2.63. The molecule has 0 spiro atoms. The zero-order valence-electron chi connectivity index (χ0n) is 12.9. The number of rotatable bonds is 5. The molecule has 0 saturated heterocycles. The quantitative estimate of drug-likeness (QED) is 0.551. The Kier molecular flexibility index (Phi) is 4.91. The van der Waals surface area contributed by atoms with Crippen molar-refractivity contribution in [1.82, 2.24) is 5.32 Å². The van der Waals surface area contributed by atoms with Crippen molar-refractivity contribution in [3.63, 3.8) is 0 Å². The van der Waals surface area contributed by atoms with Gasteiger partial charge in [0, 0.05) is 6.04 Å². The normalized spacial score (nSPS) is 36.6. The van der Waals surface area contributed by atoms with Gasteiger partial charge in [-0.15, -0.1) is 0 Å². The molecular weight excluding hydrogens is 304 g/mol. The number of nitrogens with one attached hydrogen (secondary N) is 1. The molecule has 0 aromatic rings. The van der Waals surface area contributed by atoms with E-state index < -0.39 is 47.4 Å². The SMILES string of the molecule is CC1CCCC(NC(=O)C2C(C(=O)O)C(C(N)=O)C2C(=O)O)C1. The second-order valence-corrected chi connectivity index (χ2v) is 6.66. The number of carboxylic acids is 2. The molecule has 0 aliphatic heterocycles. The first-order valence-corrected chi connectivity index (χ1v) is 7.79. The Bertz CT molecular complexity index is 512. The average molecular weight is 326 g/mol. The van der Waals surface area contributed by atoms with Crippen molar-refractivity contribution < 1.29 is 29.4 Å². The Morgan fingerprint density at radius 3 is 1.96 bits per heavy atom. The van der Waals surface area contributed by atoms with Gasteiger partial charge in [0.1, 0.15) is 0 Å². The van der Waals surface area contributed by atoms with Crippen molar-refractivity contribution in [3.8, 4) is 0 Å². The van der Waals surface area contributed by atoms with Crippen LogP contribution in [0.3, 0.4) is 0 Å². The number of carbonyl (C=O) groups is 4. The lowest BCUT2D eigenvalue weighted by atomic mass is 9.55. The Hall–Kier alpha value is -2.12. The molecule has 0 bridgehead atoms.